The molecular weight excluding hydrogens is 254 g/mol. The highest BCUT2D eigenvalue weighted by atomic mass is 16.5. The highest BCUT2D eigenvalue weighted by molar-refractivity contribution is 5.90. The van der Waals surface area contributed by atoms with Crippen LogP contribution in [0, 0.1) is 13.8 Å². The molecule has 1 aromatic carbocycles. The van der Waals surface area contributed by atoms with E-state index < -0.39 is 0 Å². The van der Waals surface area contributed by atoms with Gasteiger partial charge in [0, 0.05) is 5.69 Å². The molecule has 2 rings (SSSR count). The lowest BCUT2D eigenvalue weighted by molar-refractivity contribution is 0.0519. The van der Waals surface area contributed by atoms with Crippen molar-refractivity contribution in [3.63, 3.8) is 0 Å². The number of methoxy groups -OCH3 is 1. The third-order valence-electron chi connectivity index (χ3n) is 3.20. The Morgan fingerprint density at radius 3 is 2.55 bits per heavy atom. The normalized spacial score (nSPS) is 10.4. The van der Waals surface area contributed by atoms with Gasteiger partial charge in [-0.05, 0) is 61.7 Å². The van der Waals surface area contributed by atoms with Crippen molar-refractivity contribution >= 4 is 5.97 Å². The topological polar surface area (TPSA) is 51.3 Å². The van der Waals surface area contributed by atoms with E-state index in [2.05, 4.69) is 4.98 Å². The van der Waals surface area contributed by atoms with Crippen LogP contribution in [-0.2, 0) is 4.74 Å². The maximum atomic E-state index is 11.8. The fraction of sp³-hybridized carbons (Fsp3) is 0.312. The summed E-state index contributed by atoms with van der Waals surface area (Å²) < 4.78 is 10.3. The van der Waals surface area contributed by atoms with E-state index in [1.165, 1.54) is 0 Å². The van der Waals surface area contributed by atoms with E-state index >= 15 is 0 Å². The number of rotatable bonds is 4. The summed E-state index contributed by atoms with van der Waals surface area (Å²) in [5.41, 5.74) is 4.36. The highest BCUT2D eigenvalue weighted by Gasteiger charge is 2.14. The minimum atomic E-state index is -0.318. The van der Waals surface area contributed by atoms with Gasteiger partial charge in [0.2, 0.25) is 0 Å². The Morgan fingerprint density at radius 2 is 1.95 bits per heavy atom. The Hall–Kier alpha value is -2.23. The van der Waals surface area contributed by atoms with Gasteiger partial charge in [-0.3, -0.25) is 0 Å². The van der Waals surface area contributed by atoms with Crippen LogP contribution < -0.4 is 4.74 Å². The van der Waals surface area contributed by atoms with Crippen LogP contribution in [0.1, 0.15) is 28.5 Å². The summed E-state index contributed by atoms with van der Waals surface area (Å²) in [6.45, 7) is 6.05. The zero-order valence-corrected chi connectivity index (χ0v) is 12.2. The number of carbonyl (C=O) groups is 1. The Morgan fingerprint density at radius 1 is 1.20 bits per heavy atom. The lowest BCUT2D eigenvalue weighted by Gasteiger charge is -2.06. The van der Waals surface area contributed by atoms with E-state index in [9.17, 15) is 4.79 Å². The summed E-state index contributed by atoms with van der Waals surface area (Å²) in [6, 6.07) is 7.86. The Balaban J connectivity index is 2.37. The van der Waals surface area contributed by atoms with Crippen molar-refractivity contribution in [3.8, 4) is 17.0 Å². The second-order valence-electron chi connectivity index (χ2n) is 4.65. The first kappa shape index (κ1) is 14.2. The molecule has 0 aliphatic heterocycles. The monoisotopic (exact) mass is 273 g/mol. The molecule has 4 nitrogen and oxygen atoms in total. The first-order chi connectivity index (χ1) is 9.56. The summed E-state index contributed by atoms with van der Waals surface area (Å²) in [4.78, 5) is 14.9. The predicted octanol–water partition coefficient (Wildman–Crippen LogP) is 3.48. The van der Waals surface area contributed by atoms with Crippen LogP contribution in [0.5, 0.6) is 5.75 Å². The van der Waals surface area contributed by atoms with E-state index in [0.29, 0.717) is 12.3 Å². The van der Waals surface area contributed by atoms with Crippen molar-refractivity contribution in [2.45, 2.75) is 20.8 Å². The van der Waals surface area contributed by atoms with Crippen molar-refractivity contribution in [2.24, 2.45) is 0 Å². The van der Waals surface area contributed by atoms with Gasteiger partial charge in [0.1, 0.15) is 11.4 Å². The summed E-state index contributed by atoms with van der Waals surface area (Å²) in [5.74, 6) is 0.532. The van der Waals surface area contributed by atoms with Gasteiger partial charge in [0.15, 0.2) is 0 Å². The van der Waals surface area contributed by atoms with Gasteiger partial charge < -0.3 is 14.5 Å². The molecule has 0 aliphatic rings. The number of ether oxygens (including phenoxy) is 2. The van der Waals surface area contributed by atoms with Gasteiger partial charge in [0.25, 0.3) is 0 Å². The standard InChI is InChI=1S/C16H19NO3/c1-5-20-16(18)15-11(3)9-13(17-15)12-6-7-14(19-4)10(2)8-12/h6-9,17H,5H2,1-4H3. The molecule has 0 amide bonds. The van der Waals surface area contributed by atoms with Crippen molar-refractivity contribution in [1.29, 1.82) is 0 Å². The molecule has 1 heterocycles. The van der Waals surface area contributed by atoms with Gasteiger partial charge >= 0.3 is 5.97 Å². The Labute approximate surface area is 118 Å². The number of benzene rings is 1. The molecule has 0 unspecified atom stereocenters. The van der Waals surface area contributed by atoms with Crippen LogP contribution >= 0.6 is 0 Å². The predicted molar refractivity (Wildman–Crippen MR) is 78.2 cm³/mol. The van der Waals surface area contributed by atoms with Gasteiger partial charge in [0.05, 0.1) is 13.7 Å². The fourth-order valence-electron chi connectivity index (χ4n) is 2.17. The van der Waals surface area contributed by atoms with E-state index in [4.69, 9.17) is 9.47 Å². The molecule has 106 valence electrons. The molecule has 0 fully saturated rings. The second kappa shape index (κ2) is 5.82. The molecule has 2 aromatic rings. The third-order valence-corrected chi connectivity index (χ3v) is 3.20. The molecule has 0 bridgehead atoms. The van der Waals surface area contributed by atoms with E-state index in [0.717, 1.165) is 28.1 Å². The van der Waals surface area contributed by atoms with Crippen LogP contribution in [0.15, 0.2) is 24.3 Å². The average Bonchev–Trinajstić information content (AvgIpc) is 2.81. The molecule has 0 aliphatic carbocycles. The maximum absolute atomic E-state index is 11.8. The smallest absolute Gasteiger partial charge is 0.355 e. The number of aryl methyl sites for hydroxylation is 2. The van der Waals surface area contributed by atoms with Crippen LogP contribution in [0.4, 0.5) is 0 Å². The minimum absolute atomic E-state index is 0.318. The lowest BCUT2D eigenvalue weighted by Crippen LogP contribution is -2.06. The number of hydrogen-bond donors (Lipinski definition) is 1. The summed E-state index contributed by atoms with van der Waals surface area (Å²) in [7, 11) is 1.65. The lowest BCUT2D eigenvalue weighted by atomic mass is 10.1. The number of carbonyl (C=O) groups excluding carboxylic acids is 1. The van der Waals surface area contributed by atoms with E-state index in [-0.39, 0.29) is 5.97 Å². The average molecular weight is 273 g/mol. The fourth-order valence-corrected chi connectivity index (χ4v) is 2.17. The number of hydrogen-bond acceptors (Lipinski definition) is 3. The zero-order chi connectivity index (χ0) is 14.7. The number of esters is 1. The molecule has 1 aromatic heterocycles. The van der Waals surface area contributed by atoms with Gasteiger partial charge in [-0.15, -0.1) is 0 Å². The summed E-state index contributed by atoms with van der Waals surface area (Å²) >= 11 is 0. The summed E-state index contributed by atoms with van der Waals surface area (Å²) in [6.07, 6.45) is 0. The van der Waals surface area contributed by atoms with Crippen LogP contribution in [0.2, 0.25) is 0 Å². The number of H-pyrrole nitrogens is 1. The molecular formula is C16H19NO3. The first-order valence-electron chi connectivity index (χ1n) is 6.58. The van der Waals surface area contributed by atoms with E-state index in [1.807, 2.05) is 38.1 Å². The van der Waals surface area contributed by atoms with Crippen LogP contribution in [0.25, 0.3) is 11.3 Å². The maximum Gasteiger partial charge on any atom is 0.355 e. The molecule has 0 spiro atoms. The minimum Gasteiger partial charge on any atom is -0.496 e. The third kappa shape index (κ3) is 2.69. The van der Waals surface area contributed by atoms with Crippen molar-refractivity contribution in [2.75, 3.05) is 13.7 Å². The highest BCUT2D eigenvalue weighted by Crippen LogP contribution is 2.27. The molecule has 20 heavy (non-hydrogen) atoms. The van der Waals surface area contributed by atoms with Gasteiger partial charge in [-0.1, -0.05) is 0 Å². The van der Waals surface area contributed by atoms with Gasteiger partial charge in [-0.2, -0.15) is 0 Å². The molecule has 0 saturated heterocycles. The number of aromatic nitrogens is 1. The quantitative estimate of drug-likeness (QED) is 0.868. The number of nitrogens with one attached hydrogen (secondary N) is 1. The van der Waals surface area contributed by atoms with Crippen LogP contribution in [-0.4, -0.2) is 24.7 Å². The molecule has 0 saturated carbocycles. The SMILES string of the molecule is CCOC(=O)c1[nH]c(-c2ccc(OC)c(C)c2)cc1C. The number of aromatic amines is 1. The van der Waals surface area contributed by atoms with Crippen molar-refractivity contribution in [3.05, 3.63) is 41.1 Å². The summed E-state index contributed by atoms with van der Waals surface area (Å²) in [5, 5.41) is 0. The molecule has 0 atom stereocenters. The van der Waals surface area contributed by atoms with Gasteiger partial charge in [-0.25, -0.2) is 4.79 Å². The zero-order valence-electron chi connectivity index (χ0n) is 12.2. The molecule has 0 radical (unpaired) electrons. The largest absolute Gasteiger partial charge is 0.496 e. The molecule has 4 heteroatoms. The Kier molecular flexibility index (Phi) is 4.13. The van der Waals surface area contributed by atoms with Crippen LogP contribution in [0.3, 0.4) is 0 Å². The van der Waals surface area contributed by atoms with E-state index in [1.54, 1.807) is 14.0 Å². The second-order valence-corrected chi connectivity index (χ2v) is 4.65. The molecule has 1 N–H and O–H groups in total. The van der Waals surface area contributed by atoms with Crippen molar-refractivity contribution in [1.82, 2.24) is 4.98 Å². The first-order valence-corrected chi connectivity index (χ1v) is 6.58. The van der Waals surface area contributed by atoms with Crippen molar-refractivity contribution < 1.29 is 14.3 Å². The Bertz CT molecular complexity index is 629.